The number of halogens is 2. The van der Waals surface area contributed by atoms with E-state index in [1.807, 2.05) is 24.3 Å². The largest absolute Gasteiger partial charge is 0.321 e. The van der Waals surface area contributed by atoms with Crippen molar-refractivity contribution in [2.75, 3.05) is 10.6 Å². The van der Waals surface area contributed by atoms with E-state index < -0.39 is 5.82 Å². The van der Waals surface area contributed by atoms with Gasteiger partial charge in [-0.15, -0.1) is 0 Å². The quantitative estimate of drug-likeness (QED) is 0.876. The predicted molar refractivity (Wildman–Crippen MR) is 76.1 cm³/mol. The van der Waals surface area contributed by atoms with E-state index in [2.05, 4.69) is 26.2 Å². The van der Waals surface area contributed by atoms with Gasteiger partial charge in [0.15, 0.2) is 0 Å². The number of benzene rings is 1. The molecule has 0 radical (unpaired) electrons. The summed E-state index contributed by atoms with van der Waals surface area (Å²) in [6, 6.07) is 10.1. The smallest absolute Gasteiger partial charge is 0.274 e. The van der Waals surface area contributed by atoms with Crippen molar-refractivity contribution in [3.63, 3.8) is 0 Å². The highest BCUT2D eigenvalue weighted by molar-refractivity contribution is 9.09. The summed E-state index contributed by atoms with van der Waals surface area (Å²) in [7, 11) is 0. The Kier molecular flexibility index (Phi) is 4.63. The molecule has 0 saturated carbocycles. The zero-order valence-corrected chi connectivity index (χ0v) is 11.7. The van der Waals surface area contributed by atoms with Gasteiger partial charge in [0.25, 0.3) is 5.91 Å². The van der Waals surface area contributed by atoms with Crippen LogP contribution in [0.2, 0.25) is 0 Å². The van der Waals surface area contributed by atoms with E-state index in [0.29, 0.717) is 5.69 Å². The maximum atomic E-state index is 12.7. The number of aryl methyl sites for hydroxylation is 1. The number of carbonyl (C=O) groups is 1. The SMILES string of the molecule is O=C(Nc1ccc(CCBr)cc1)c1ccc(F)cn1. The van der Waals surface area contributed by atoms with Gasteiger partial charge < -0.3 is 5.32 Å². The fourth-order valence-electron chi connectivity index (χ4n) is 1.57. The molecule has 0 aliphatic rings. The summed E-state index contributed by atoms with van der Waals surface area (Å²) < 4.78 is 12.7. The van der Waals surface area contributed by atoms with E-state index in [9.17, 15) is 9.18 Å². The number of aromatic nitrogens is 1. The second-order valence-electron chi connectivity index (χ2n) is 3.95. The van der Waals surface area contributed by atoms with Gasteiger partial charge in [0.1, 0.15) is 11.5 Å². The standard InChI is InChI=1S/C14H12BrFN2O/c15-8-7-10-1-4-12(5-2-10)18-14(19)13-6-3-11(16)9-17-13/h1-6,9H,7-8H2,(H,18,19). The molecule has 5 heteroatoms. The fraction of sp³-hybridized carbons (Fsp3) is 0.143. The number of amides is 1. The Morgan fingerprint density at radius 3 is 2.53 bits per heavy atom. The van der Waals surface area contributed by atoms with E-state index in [0.717, 1.165) is 17.9 Å². The number of hydrogen-bond acceptors (Lipinski definition) is 2. The lowest BCUT2D eigenvalue weighted by molar-refractivity contribution is 0.102. The van der Waals surface area contributed by atoms with Crippen molar-refractivity contribution in [3.8, 4) is 0 Å². The Morgan fingerprint density at radius 1 is 1.21 bits per heavy atom. The van der Waals surface area contributed by atoms with Crippen molar-refractivity contribution in [3.05, 3.63) is 59.7 Å². The van der Waals surface area contributed by atoms with Crippen LogP contribution in [-0.4, -0.2) is 16.2 Å². The van der Waals surface area contributed by atoms with Gasteiger partial charge in [0.2, 0.25) is 0 Å². The lowest BCUT2D eigenvalue weighted by atomic mass is 10.1. The summed E-state index contributed by atoms with van der Waals surface area (Å²) >= 11 is 3.37. The summed E-state index contributed by atoms with van der Waals surface area (Å²) in [6.45, 7) is 0. The molecule has 19 heavy (non-hydrogen) atoms. The lowest BCUT2D eigenvalue weighted by Crippen LogP contribution is -2.13. The fourth-order valence-corrected chi connectivity index (χ4v) is 2.03. The number of pyridine rings is 1. The number of rotatable bonds is 4. The van der Waals surface area contributed by atoms with E-state index in [4.69, 9.17) is 0 Å². The normalized spacial score (nSPS) is 10.2. The van der Waals surface area contributed by atoms with Crippen LogP contribution in [0.5, 0.6) is 0 Å². The number of nitrogens with one attached hydrogen (secondary N) is 1. The Balaban J connectivity index is 2.04. The summed E-state index contributed by atoms with van der Waals surface area (Å²) in [5.41, 5.74) is 2.06. The Hall–Kier alpha value is -1.75. The Bertz CT molecular complexity index is 555. The molecule has 1 heterocycles. The van der Waals surface area contributed by atoms with Crippen LogP contribution in [0.15, 0.2) is 42.6 Å². The average Bonchev–Trinajstić information content (AvgIpc) is 2.42. The minimum Gasteiger partial charge on any atom is -0.321 e. The van der Waals surface area contributed by atoms with Gasteiger partial charge in [-0.25, -0.2) is 9.37 Å². The summed E-state index contributed by atoms with van der Waals surface area (Å²) in [4.78, 5) is 15.6. The van der Waals surface area contributed by atoms with Crippen molar-refractivity contribution in [2.24, 2.45) is 0 Å². The molecule has 0 unspecified atom stereocenters. The molecular weight excluding hydrogens is 311 g/mol. The van der Waals surface area contributed by atoms with Crippen molar-refractivity contribution in [1.82, 2.24) is 4.98 Å². The minimum atomic E-state index is -0.462. The van der Waals surface area contributed by atoms with Crippen LogP contribution in [0.3, 0.4) is 0 Å². The van der Waals surface area contributed by atoms with Gasteiger partial charge in [-0.1, -0.05) is 28.1 Å². The van der Waals surface area contributed by atoms with Crippen LogP contribution in [0, 0.1) is 5.82 Å². The number of hydrogen-bond donors (Lipinski definition) is 1. The number of alkyl halides is 1. The molecule has 2 rings (SSSR count). The molecule has 0 saturated heterocycles. The third-order valence-electron chi connectivity index (χ3n) is 2.55. The molecule has 1 N–H and O–H groups in total. The van der Waals surface area contributed by atoms with Gasteiger partial charge in [-0.05, 0) is 36.2 Å². The molecule has 0 aliphatic carbocycles. The second-order valence-corrected chi connectivity index (χ2v) is 4.74. The summed E-state index contributed by atoms with van der Waals surface area (Å²) in [6.07, 6.45) is 1.96. The van der Waals surface area contributed by atoms with E-state index in [1.54, 1.807) is 0 Å². The molecule has 1 aromatic carbocycles. The van der Waals surface area contributed by atoms with Gasteiger partial charge in [0, 0.05) is 11.0 Å². The van der Waals surface area contributed by atoms with Crippen LogP contribution in [-0.2, 0) is 6.42 Å². The summed E-state index contributed by atoms with van der Waals surface area (Å²) in [5.74, 6) is -0.816. The van der Waals surface area contributed by atoms with Crippen LogP contribution in [0.1, 0.15) is 16.1 Å². The number of nitrogens with zero attached hydrogens (tertiary/aromatic N) is 1. The molecule has 0 aliphatic heterocycles. The molecule has 2 aromatic rings. The van der Waals surface area contributed by atoms with Crippen LogP contribution >= 0.6 is 15.9 Å². The van der Waals surface area contributed by atoms with Crippen LogP contribution < -0.4 is 5.32 Å². The zero-order chi connectivity index (χ0) is 13.7. The Morgan fingerprint density at radius 2 is 1.95 bits per heavy atom. The highest BCUT2D eigenvalue weighted by Crippen LogP contribution is 2.12. The predicted octanol–water partition coefficient (Wildman–Crippen LogP) is 3.41. The first-order chi connectivity index (χ1) is 9.19. The molecule has 0 fully saturated rings. The van der Waals surface area contributed by atoms with Gasteiger partial charge in [0.05, 0.1) is 6.20 Å². The Labute approximate surface area is 119 Å². The topological polar surface area (TPSA) is 42.0 Å². The number of anilines is 1. The van der Waals surface area contributed by atoms with Crippen LogP contribution in [0.25, 0.3) is 0 Å². The van der Waals surface area contributed by atoms with E-state index in [1.165, 1.54) is 17.7 Å². The van der Waals surface area contributed by atoms with Crippen molar-refractivity contribution >= 4 is 27.5 Å². The summed E-state index contributed by atoms with van der Waals surface area (Å²) in [5, 5.41) is 3.61. The third kappa shape index (κ3) is 3.86. The molecule has 0 atom stereocenters. The van der Waals surface area contributed by atoms with Crippen molar-refractivity contribution < 1.29 is 9.18 Å². The van der Waals surface area contributed by atoms with Crippen molar-refractivity contribution in [2.45, 2.75) is 6.42 Å². The average molecular weight is 323 g/mol. The monoisotopic (exact) mass is 322 g/mol. The molecule has 0 bridgehead atoms. The third-order valence-corrected chi connectivity index (χ3v) is 2.95. The first-order valence-corrected chi connectivity index (χ1v) is 6.89. The molecule has 1 aromatic heterocycles. The maximum Gasteiger partial charge on any atom is 0.274 e. The highest BCUT2D eigenvalue weighted by atomic mass is 79.9. The highest BCUT2D eigenvalue weighted by Gasteiger charge is 2.07. The van der Waals surface area contributed by atoms with E-state index >= 15 is 0 Å². The van der Waals surface area contributed by atoms with Crippen LogP contribution in [0.4, 0.5) is 10.1 Å². The second kappa shape index (κ2) is 6.43. The lowest BCUT2D eigenvalue weighted by Gasteiger charge is -2.05. The first kappa shape index (κ1) is 13.7. The van der Waals surface area contributed by atoms with Crippen molar-refractivity contribution in [1.29, 1.82) is 0 Å². The van der Waals surface area contributed by atoms with Gasteiger partial charge in [-0.2, -0.15) is 0 Å². The van der Waals surface area contributed by atoms with Gasteiger partial charge >= 0.3 is 0 Å². The molecular formula is C14H12BrFN2O. The van der Waals surface area contributed by atoms with Gasteiger partial charge in [-0.3, -0.25) is 4.79 Å². The molecule has 98 valence electrons. The zero-order valence-electron chi connectivity index (χ0n) is 10.1. The molecule has 3 nitrogen and oxygen atoms in total. The molecule has 1 amide bonds. The first-order valence-electron chi connectivity index (χ1n) is 5.77. The minimum absolute atomic E-state index is 0.186. The number of carbonyl (C=O) groups excluding carboxylic acids is 1. The van der Waals surface area contributed by atoms with E-state index in [-0.39, 0.29) is 11.6 Å². The maximum absolute atomic E-state index is 12.7. The molecule has 0 spiro atoms.